The first kappa shape index (κ1) is 16.3. The van der Waals surface area contributed by atoms with E-state index in [0.29, 0.717) is 0 Å². The van der Waals surface area contributed by atoms with Crippen molar-refractivity contribution in [3.8, 4) is 0 Å². The van der Waals surface area contributed by atoms with Crippen LogP contribution in [-0.4, -0.2) is 29.2 Å². The lowest BCUT2D eigenvalue weighted by molar-refractivity contribution is 0.0712. The van der Waals surface area contributed by atoms with Crippen LogP contribution in [0.25, 0.3) is 0 Å². The van der Waals surface area contributed by atoms with Crippen LogP contribution in [0.5, 0.6) is 0 Å². The molecule has 0 aliphatic carbocycles. The van der Waals surface area contributed by atoms with Crippen LogP contribution in [0, 0.1) is 13.8 Å². The van der Waals surface area contributed by atoms with E-state index in [-0.39, 0.29) is 18.1 Å². The lowest BCUT2D eigenvalue weighted by Gasteiger charge is -2.20. The normalized spacial score (nSPS) is 19.0. The van der Waals surface area contributed by atoms with Gasteiger partial charge in [-0.25, -0.2) is 0 Å². The molecule has 0 bridgehead atoms. The molecule has 0 aromatic carbocycles. The zero-order chi connectivity index (χ0) is 16.4. The Morgan fingerprint density at radius 1 is 1.52 bits per heavy atom. The van der Waals surface area contributed by atoms with E-state index >= 15 is 0 Å². The maximum absolute atomic E-state index is 12.6. The van der Waals surface area contributed by atoms with E-state index in [2.05, 4.69) is 34.3 Å². The van der Waals surface area contributed by atoms with Crippen LogP contribution in [0.4, 0.5) is 0 Å². The Bertz CT molecular complexity index is 670. The average molecular weight is 332 g/mol. The van der Waals surface area contributed by atoms with Gasteiger partial charge in [-0.1, -0.05) is 6.07 Å². The fourth-order valence-electron chi connectivity index (χ4n) is 3.21. The Morgan fingerprint density at radius 3 is 3.00 bits per heavy atom. The van der Waals surface area contributed by atoms with E-state index in [1.807, 2.05) is 19.9 Å². The van der Waals surface area contributed by atoms with E-state index in [1.54, 1.807) is 11.3 Å². The highest BCUT2D eigenvalue weighted by Gasteiger charge is 2.25. The molecule has 1 saturated heterocycles. The first-order valence-corrected chi connectivity index (χ1v) is 9.06. The van der Waals surface area contributed by atoms with Crippen LogP contribution in [-0.2, 0) is 11.3 Å². The third kappa shape index (κ3) is 3.51. The molecule has 1 aliphatic rings. The van der Waals surface area contributed by atoms with E-state index in [0.717, 1.165) is 42.9 Å². The summed E-state index contributed by atoms with van der Waals surface area (Å²) in [6.45, 7) is 7.73. The van der Waals surface area contributed by atoms with Crippen molar-refractivity contribution in [2.45, 2.75) is 52.3 Å². The van der Waals surface area contributed by atoms with Crippen molar-refractivity contribution in [3.05, 3.63) is 45.4 Å². The molecule has 5 heteroatoms. The second-order valence-corrected chi connectivity index (χ2v) is 7.30. The fourth-order valence-corrected chi connectivity index (χ4v) is 3.90. The topological polar surface area (TPSA) is 43.3 Å². The Hall–Kier alpha value is -1.59. The molecule has 2 aromatic heterocycles. The van der Waals surface area contributed by atoms with Gasteiger partial charge < -0.3 is 14.6 Å². The number of aromatic nitrogens is 1. The number of carbonyl (C=O) groups excluding carboxylic acids is 1. The predicted molar refractivity (Wildman–Crippen MR) is 93.2 cm³/mol. The van der Waals surface area contributed by atoms with Crippen molar-refractivity contribution >= 4 is 17.2 Å². The first-order valence-electron chi connectivity index (χ1n) is 8.18. The van der Waals surface area contributed by atoms with Crippen LogP contribution in [0.3, 0.4) is 0 Å². The highest BCUT2D eigenvalue weighted by atomic mass is 32.1. The number of nitrogens with zero attached hydrogens (tertiary/aromatic N) is 1. The Balaban J connectivity index is 1.73. The van der Waals surface area contributed by atoms with E-state index in [9.17, 15) is 4.79 Å². The third-order valence-corrected chi connectivity index (χ3v) is 5.45. The van der Waals surface area contributed by atoms with Gasteiger partial charge in [0.05, 0.1) is 24.3 Å². The molecule has 1 fully saturated rings. The number of hydrogen-bond acceptors (Lipinski definition) is 3. The molecular formula is C18H24N2O2S. The lowest BCUT2D eigenvalue weighted by atomic mass is 10.1. The molecule has 3 rings (SSSR count). The summed E-state index contributed by atoms with van der Waals surface area (Å²) >= 11 is 1.74. The number of thiophene rings is 1. The summed E-state index contributed by atoms with van der Waals surface area (Å²) in [7, 11) is 0. The standard InChI is InChI=1S/C18H24N2O2S/c1-12-10-16(14(3)20(12)11-15-6-5-9-23-15)18(21)19-13(2)17-7-4-8-22-17/h5-6,9-10,13,17H,4,7-8,11H2,1-3H3,(H,19,21)/t13-,17+/m0/s1. The molecule has 4 nitrogen and oxygen atoms in total. The van der Waals surface area contributed by atoms with Gasteiger partial charge in [-0.05, 0) is 51.1 Å². The monoisotopic (exact) mass is 332 g/mol. The Kier molecular flexibility index (Phi) is 4.87. The number of hydrogen-bond donors (Lipinski definition) is 1. The third-order valence-electron chi connectivity index (χ3n) is 4.59. The molecule has 2 aromatic rings. The van der Waals surface area contributed by atoms with Gasteiger partial charge in [0.1, 0.15) is 0 Å². The molecule has 0 saturated carbocycles. The maximum Gasteiger partial charge on any atom is 0.253 e. The average Bonchev–Trinajstić information content (AvgIpc) is 3.25. The minimum atomic E-state index is -0.00136. The number of rotatable bonds is 5. The maximum atomic E-state index is 12.6. The zero-order valence-electron chi connectivity index (χ0n) is 14.0. The van der Waals surface area contributed by atoms with Crippen molar-refractivity contribution in [2.24, 2.45) is 0 Å². The van der Waals surface area contributed by atoms with E-state index in [1.165, 1.54) is 4.88 Å². The Morgan fingerprint density at radius 2 is 2.35 bits per heavy atom. The van der Waals surface area contributed by atoms with E-state index in [4.69, 9.17) is 4.74 Å². The van der Waals surface area contributed by atoms with Gasteiger partial charge in [-0.3, -0.25) is 4.79 Å². The number of amides is 1. The summed E-state index contributed by atoms with van der Waals surface area (Å²) in [5.74, 6) is -0.00136. The van der Waals surface area contributed by atoms with Crippen LogP contribution in [0.1, 0.15) is 46.4 Å². The molecule has 0 spiro atoms. The summed E-state index contributed by atoms with van der Waals surface area (Å²) in [4.78, 5) is 13.9. The quantitative estimate of drug-likeness (QED) is 0.910. The van der Waals surface area contributed by atoms with Crippen LogP contribution in [0.2, 0.25) is 0 Å². The smallest absolute Gasteiger partial charge is 0.253 e. The second kappa shape index (κ2) is 6.89. The van der Waals surface area contributed by atoms with Crippen LogP contribution < -0.4 is 5.32 Å². The highest BCUT2D eigenvalue weighted by Crippen LogP contribution is 2.20. The van der Waals surface area contributed by atoms with Crippen molar-refractivity contribution in [1.29, 1.82) is 0 Å². The van der Waals surface area contributed by atoms with Crippen molar-refractivity contribution in [2.75, 3.05) is 6.61 Å². The molecule has 3 heterocycles. The molecule has 1 amide bonds. The number of aryl methyl sites for hydroxylation is 1. The zero-order valence-corrected chi connectivity index (χ0v) is 14.8. The van der Waals surface area contributed by atoms with Gasteiger partial charge in [0.25, 0.3) is 5.91 Å². The highest BCUT2D eigenvalue weighted by molar-refractivity contribution is 7.09. The van der Waals surface area contributed by atoms with Gasteiger partial charge >= 0.3 is 0 Å². The minimum absolute atomic E-state index is 0.00136. The number of nitrogens with one attached hydrogen (secondary N) is 1. The molecule has 0 unspecified atom stereocenters. The van der Waals surface area contributed by atoms with Crippen molar-refractivity contribution in [3.63, 3.8) is 0 Å². The number of carbonyl (C=O) groups is 1. The Labute approximate surface area is 141 Å². The molecule has 1 aliphatic heterocycles. The predicted octanol–water partition coefficient (Wildman–Crippen LogP) is 3.51. The largest absolute Gasteiger partial charge is 0.376 e. The summed E-state index contributed by atoms with van der Waals surface area (Å²) in [5, 5.41) is 5.19. The van der Waals surface area contributed by atoms with Crippen LogP contribution >= 0.6 is 11.3 Å². The molecule has 2 atom stereocenters. The minimum Gasteiger partial charge on any atom is -0.376 e. The van der Waals surface area contributed by atoms with Gasteiger partial charge in [-0.15, -0.1) is 11.3 Å². The summed E-state index contributed by atoms with van der Waals surface area (Å²) in [6.07, 6.45) is 2.26. The second-order valence-electron chi connectivity index (χ2n) is 6.26. The van der Waals surface area contributed by atoms with E-state index < -0.39 is 0 Å². The van der Waals surface area contributed by atoms with Crippen molar-refractivity contribution in [1.82, 2.24) is 9.88 Å². The first-order chi connectivity index (χ1) is 11.1. The SMILES string of the molecule is Cc1cc(C(=O)N[C@@H](C)[C@H]2CCCO2)c(C)n1Cc1cccs1. The molecule has 124 valence electrons. The molecular weight excluding hydrogens is 308 g/mol. The van der Waals surface area contributed by atoms with Crippen molar-refractivity contribution < 1.29 is 9.53 Å². The molecule has 1 N–H and O–H groups in total. The fraction of sp³-hybridized carbons (Fsp3) is 0.500. The summed E-state index contributed by atoms with van der Waals surface area (Å²) < 4.78 is 7.87. The summed E-state index contributed by atoms with van der Waals surface area (Å²) in [5.41, 5.74) is 2.91. The number of ether oxygens (including phenoxy) is 1. The van der Waals surface area contributed by atoms with Gasteiger partial charge in [-0.2, -0.15) is 0 Å². The molecule has 0 radical (unpaired) electrons. The van der Waals surface area contributed by atoms with Gasteiger partial charge in [0, 0.05) is 22.9 Å². The van der Waals surface area contributed by atoms with Gasteiger partial charge in [0.15, 0.2) is 0 Å². The molecule has 23 heavy (non-hydrogen) atoms. The summed E-state index contributed by atoms with van der Waals surface area (Å²) in [6, 6.07) is 6.22. The van der Waals surface area contributed by atoms with Gasteiger partial charge in [0.2, 0.25) is 0 Å². The lowest BCUT2D eigenvalue weighted by Crippen LogP contribution is -2.41. The van der Waals surface area contributed by atoms with Crippen LogP contribution in [0.15, 0.2) is 23.6 Å².